The molecule has 6 atom stereocenters. The van der Waals surface area contributed by atoms with Gasteiger partial charge in [0.2, 0.25) is 47.3 Å². The SMILES string of the molecule is O=C1CC(C2C(=O)NC(=O)C2C2C(=O)NC(=O)C2C2CC(=O)NC2=O)C(=O)N1. The van der Waals surface area contributed by atoms with Crippen molar-refractivity contribution in [1.82, 2.24) is 21.3 Å². The molecule has 4 heterocycles. The van der Waals surface area contributed by atoms with Crippen molar-refractivity contribution in [3.63, 3.8) is 0 Å². The standard InChI is InChI=1S/C16H14N4O8/c21-5-1-3(11(23)17-5)7-9(15(27)19-13(7)25)10-8(14(26)20-16(10)28)4-2-6(22)18-12(4)24/h3-4,7-10H,1-2H2,(H,17,21,23)(H,18,22,24)(H,19,25,27)(H,20,26,28). The minimum atomic E-state index is -1.42. The minimum absolute atomic E-state index is 0.337. The van der Waals surface area contributed by atoms with Gasteiger partial charge in [0.05, 0.1) is 35.5 Å². The van der Waals surface area contributed by atoms with E-state index in [4.69, 9.17) is 0 Å². The number of imide groups is 4. The zero-order chi connectivity index (χ0) is 20.3. The van der Waals surface area contributed by atoms with E-state index in [1.807, 2.05) is 21.3 Å². The van der Waals surface area contributed by atoms with Gasteiger partial charge >= 0.3 is 0 Å². The normalized spacial score (nSPS) is 38.0. The molecule has 12 nitrogen and oxygen atoms in total. The fourth-order valence-electron chi connectivity index (χ4n) is 4.59. The summed E-state index contributed by atoms with van der Waals surface area (Å²) in [6, 6.07) is 0. The molecule has 4 N–H and O–H groups in total. The average molecular weight is 390 g/mol. The molecule has 0 spiro atoms. The summed E-state index contributed by atoms with van der Waals surface area (Å²) in [5, 5.41) is 8.18. The van der Waals surface area contributed by atoms with Crippen molar-refractivity contribution < 1.29 is 38.4 Å². The van der Waals surface area contributed by atoms with Gasteiger partial charge in [-0.2, -0.15) is 0 Å². The molecule has 4 rings (SSSR count). The first-order valence-corrected chi connectivity index (χ1v) is 8.56. The highest BCUT2D eigenvalue weighted by molar-refractivity contribution is 6.15. The molecular formula is C16H14N4O8. The van der Waals surface area contributed by atoms with Crippen LogP contribution < -0.4 is 21.3 Å². The van der Waals surface area contributed by atoms with Crippen molar-refractivity contribution in [3.05, 3.63) is 0 Å². The predicted octanol–water partition coefficient (Wildman–Crippen LogP) is -3.91. The zero-order valence-corrected chi connectivity index (χ0v) is 14.1. The molecule has 0 bridgehead atoms. The molecule has 0 radical (unpaired) electrons. The van der Waals surface area contributed by atoms with E-state index in [0.717, 1.165) is 0 Å². The third-order valence-electron chi connectivity index (χ3n) is 5.74. The summed E-state index contributed by atoms with van der Waals surface area (Å²) in [6.07, 6.45) is -0.674. The van der Waals surface area contributed by atoms with Gasteiger partial charge in [0, 0.05) is 12.8 Å². The topological polar surface area (TPSA) is 185 Å². The van der Waals surface area contributed by atoms with Crippen molar-refractivity contribution in [3.8, 4) is 0 Å². The Morgan fingerprint density at radius 1 is 0.429 bits per heavy atom. The van der Waals surface area contributed by atoms with E-state index in [9.17, 15) is 38.4 Å². The van der Waals surface area contributed by atoms with Gasteiger partial charge in [-0.25, -0.2) is 0 Å². The van der Waals surface area contributed by atoms with Crippen LogP contribution in [0, 0.1) is 35.5 Å². The first kappa shape index (κ1) is 17.9. The third kappa shape index (κ3) is 2.52. The summed E-state index contributed by atoms with van der Waals surface area (Å²) in [5.74, 6) is -14.0. The fraction of sp³-hybridized carbons (Fsp3) is 0.500. The lowest BCUT2D eigenvalue weighted by atomic mass is 9.69. The molecule has 146 valence electrons. The smallest absolute Gasteiger partial charge is 0.231 e. The largest absolute Gasteiger partial charge is 0.296 e. The second-order valence-electron chi connectivity index (χ2n) is 7.26. The van der Waals surface area contributed by atoms with Crippen LogP contribution >= 0.6 is 0 Å². The van der Waals surface area contributed by atoms with E-state index in [1.54, 1.807) is 0 Å². The molecular weight excluding hydrogens is 376 g/mol. The molecule has 8 amide bonds. The van der Waals surface area contributed by atoms with E-state index in [2.05, 4.69) is 0 Å². The molecule has 4 aliphatic heterocycles. The highest BCUT2D eigenvalue weighted by atomic mass is 16.2. The fourth-order valence-corrected chi connectivity index (χ4v) is 4.59. The second-order valence-corrected chi connectivity index (χ2v) is 7.26. The van der Waals surface area contributed by atoms with Gasteiger partial charge in [0.25, 0.3) is 0 Å². The quantitative estimate of drug-likeness (QED) is 0.352. The molecule has 4 saturated heterocycles. The van der Waals surface area contributed by atoms with Crippen LogP contribution in [-0.4, -0.2) is 47.3 Å². The lowest BCUT2D eigenvalue weighted by Crippen LogP contribution is -2.42. The number of carbonyl (C=O) groups excluding carboxylic acids is 8. The summed E-state index contributed by atoms with van der Waals surface area (Å²) < 4.78 is 0. The maximum absolute atomic E-state index is 12.5. The molecule has 6 unspecified atom stereocenters. The Balaban J connectivity index is 1.73. The monoisotopic (exact) mass is 390 g/mol. The molecule has 28 heavy (non-hydrogen) atoms. The molecule has 0 saturated carbocycles. The van der Waals surface area contributed by atoms with Crippen LogP contribution in [0.15, 0.2) is 0 Å². The van der Waals surface area contributed by atoms with E-state index in [-0.39, 0.29) is 12.8 Å². The maximum Gasteiger partial charge on any atom is 0.231 e. The highest BCUT2D eigenvalue weighted by Crippen LogP contribution is 2.44. The third-order valence-corrected chi connectivity index (χ3v) is 5.74. The molecule has 12 heteroatoms. The van der Waals surface area contributed by atoms with Gasteiger partial charge in [-0.15, -0.1) is 0 Å². The Labute approximate surface area is 156 Å². The Morgan fingerprint density at radius 3 is 1.04 bits per heavy atom. The van der Waals surface area contributed by atoms with Crippen molar-refractivity contribution >= 4 is 47.3 Å². The van der Waals surface area contributed by atoms with Gasteiger partial charge in [0.1, 0.15) is 0 Å². The van der Waals surface area contributed by atoms with Gasteiger partial charge in [-0.05, 0) is 0 Å². The van der Waals surface area contributed by atoms with Crippen LogP contribution in [0.25, 0.3) is 0 Å². The van der Waals surface area contributed by atoms with Gasteiger partial charge < -0.3 is 0 Å². The maximum atomic E-state index is 12.5. The number of rotatable bonds is 3. The zero-order valence-electron chi connectivity index (χ0n) is 14.1. The highest BCUT2D eigenvalue weighted by Gasteiger charge is 2.62. The van der Waals surface area contributed by atoms with Crippen molar-refractivity contribution in [2.24, 2.45) is 35.5 Å². The number of hydrogen-bond acceptors (Lipinski definition) is 8. The Hall–Kier alpha value is -3.44. The van der Waals surface area contributed by atoms with Crippen LogP contribution in [0.4, 0.5) is 0 Å². The molecule has 0 aromatic heterocycles. The molecule has 0 aliphatic carbocycles. The predicted molar refractivity (Wildman–Crippen MR) is 82.8 cm³/mol. The first-order chi connectivity index (χ1) is 13.2. The van der Waals surface area contributed by atoms with E-state index in [1.165, 1.54) is 0 Å². The van der Waals surface area contributed by atoms with Crippen LogP contribution in [0.2, 0.25) is 0 Å². The summed E-state index contributed by atoms with van der Waals surface area (Å²) >= 11 is 0. The Kier molecular flexibility index (Phi) is 3.87. The molecule has 4 fully saturated rings. The lowest BCUT2D eigenvalue weighted by molar-refractivity contribution is -0.138. The lowest BCUT2D eigenvalue weighted by Gasteiger charge is -2.27. The number of amides is 8. The summed E-state index contributed by atoms with van der Waals surface area (Å²) in [6.45, 7) is 0. The summed E-state index contributed by atoms with van der Waals surface area (Å²) in [5.41, 5.74) is 0. The Bertz CT molecular complexity index is 823. The first-order valence-electron chi connectivity index (χ1n) is 8.56. The van der Waals surface area contributed by atoms with Crippen molar-refractivity contribution in [1.29, 1.82) is 0 Å². The Morgan fingerprint density at radius 2 is 0.750 bits per heavy atom. The van der Waals surface area contributed by atoms with Gasteiger partial charge in [-0.1, -0.05) is 0 Å². The van der Waals surface area contributed by atoms with E-state index >= 15 is 0 Å². The number of nitrogens with one attached hydrogen (secondary N) is 4. The second kappa shape index (κ2) is 6.04. The van der Waals surface area contributed by atoms with Crippen LogP contribution in [-0.2, 0) is 38.4 Å². The summed E-state index contributed by atoms with van der Waals surface area (Å²) in [4.78, 5) is 96.9. The molecule has 0 aromatic carbocycles. The van der Waals surface area contributed by atoms with Gasteiger partial charge in [-0.3, -0.25) is 59.6 Å². The molecule has 0 aromatic rings. The van der Waals surface area contributed by atoms with Crippen LogP contribution in [0.5, 0.6) is 0 Å². The van der Waals surface area contributed by atoms with Crippen molar-refractivity contribution in [2.75, 3.05) is 0 Å². The molecule has 4 aliphatic rings. The van der Waals surface area contributed by atoms with E-state index < -0.39 is 82.8 Å². The summed E-state index contributed by atoms with van der Waals surface area (Å²) in [7, 11) is 0. The van der Waals surface area contributed by atoms with Gasteiger partial charge in [0.15, 0.2) is 0 Å². The number of hydrogen-bond donors (Lipinski definition) is 4. The van der Waals surface area contributed by atoms with Crippen molar-refractivity contribution in [2.45, 2.75) is 12.8 Å². The number of carbonyl (C=O) groups is 8. The minimum Gasteiger partial charge on any atom is -0.296 e. The van der Waals surface area contributed by atoms with E-state index in [0.29, 0.717) is 0 Å². The van der Waals surface area contributed by atoms with Crippen LogP contribution in [0.3, 0.4) is 0 Å². The average Bonchev–Trinajstić information content (AvgIpc) is 3.26. The van der Waals surface area contributed by atoms with Crippen LogP contribution in [0.1, 0.15) is 12.8 Å².